The average molecular weight is 348 g/mol. The van der Waals surface area contributed by atoms with Gasteiger partial charge in [-0.1, -0.05) is 48.0 Å². The number of halogens is 2. The number of aromatic nitrogens is 1. The van der Waals surface area contributed by atoms with Crippen molar-refractivity contribution >= 4 is 39.3 Å². The molecule has 1 N–H and O–H groups in total. The number of anilines is 1. The molecule has 1 aromatic rings. The molecule has 0 aliphatic heterocycles. The predicted octanol–water partition coefficient (Wildman–Crippen LogP) is 4.07. The van der Waals surface area contributed by atoms with Crippen LogP contribution in [0, 0.1) is 0 Å². The van der Waals surface area contributed by atoms with Crippen LogP contribution in [-0.4, -0.2) is 23.1 Å². The zero-order chi connectivity index (χ0) is 15.0. The number of carboxylic acid groups (broad SMARTS) is 1. The summed E-state index contributed by atoms with van der Waals surface area (Å²) in [5.74, 6) is -0.716. The molecule has 0 saturated heterocycles. The van der Waals surface area contributed by atoms with Gasteiger partial charge in [0.15, 0.2) is 5.82 Å². The summed E-state index contributed by atoms with van der Waals surface area (Å²) >= 11 is 9.03. The number of carboxylic acids is 1. The molecule has 1 heterocycles. The first-order valence-corrected chi connectivity index (χ1v) is 6.74. The first-order chi connectivity index (χ1) is 8.93. The van der Waals surface area contributed by atoms with Crippen LogP contribution in [0.5, 0.6) is 0 Å². The van der Waals surface area contributed by atoms with Gasteiger partial charge in [-0.3, -0.25) is 0 Å². The number of hydrogen-bond donors (Lipinski definition) is 1. The third-order valence-electron chi connectivity index (χ3n) is 1.93. The fraction of sp³-hybridized carbons (Fsp3) is 0.231. The predicted molar refractivity (Wildman–Crippen MR) is 82.8 cm³/mol. The average Bonchev–Trinajstić information content (AvgIpc) is 2.37. The van der Waals surface area contributed by atoms with Crippen LogP contribution >= 0.6 is 27.5 Å². The molecular weight excluding hydrogens is 332 g/mol. The van der Waals surface area contributed by atoms with E-state index in [1.165, 1.54) is 11.0 Å². The third-order valence-corrected chi connectivity index (χ3v) is 2.45. The number of allylic oxidation sites excluding steroid dienone is 2. The molecule has 0 unspecified atom stereocenters. The lowest BCUT2D eigenvalue weighted by Crippen LogP contribution is -2.24. The van der Waals surface area contributed by atoms with Crippen molar-refractivity contribution in [1.82, 2.24) is 4.98 Å². The molecule has 0 bridgehead atoms. The van der Waals surface area contributed by atoms with E-state index >= 15 is 0 Å². The summed E-state index contributed by atoms with van der Waals surface area (Å²) in [4.78, 5) is 16.5. The van der Waals surface area contributed by atoms with E-state index in [1.807, 2.05) is 13.8 Å². The second-order valence-electron chi connectivity index (χ2n) is 3.15. The molecule has 0 spiro atoms. The largest absolute Gasteiger partial charge is 0.477 e. The van der Waals surface area contributed by atoms with Gasteiger partial charge in [0.1, 0.15) is 5.70 Å². The highest BCUT2D eigenvalue weighted by molar-refractivity contribution is 9.11. The number of likely N-dealkylation sites (N-methyl/N-ethyl adjacent to an activating group) is 1. The molecule has 0 atom stereocenters. The molecule has 0 fully saturated rings. The molecule has 1 rings (SSSR count). The number of pyridine rings is 1. The van der Waals surface area contributed by atoms with Crippen LogP contribution in [-0.2, 0) is 4.79 Å². The van der Waals surface area contributed by atoms with Crippen molar-refractivity contribution in [2.45, 2.75) is 13.8 Å². The summed E-state index contributed by atoms with van der Waals surface area (Å²) in [5.41, 5.74) is 0.0208. The smallest absolute Gasteiger partial charge is 0.352 e. The number of aliphatic carboxylic acids is 1. The SMILES string of the molecule is C=C(Br)/C=C(/C(=O)O)N(C)c1ncccc1Cl.CC. The van der Waals surface area contributed by atoms with Gasteiger partial charge in [-0.05, 0) is 18.2 Å². The minimum Gasteiger partial charge on any atom is -0.477 e. The highest BCUT2D eigenvalue weighted by Crippen LogP contribution is 2.25. The van der Waals surface area contributed by atoms with Crippen molar-refractivity contribution in [2.75, 3.05) is 11.9 Å². The van der Waals surface area contributed by atoms with Crippen molar-refractivity contribution in [3.05, 3.63) is 46.2 Å². The normalized spacial score (nSPS) is 10.3. The van der Waals surface area contributed by atoms with Crippen LogP contribution in [0.4, 0.5) is 5.82 Å². The van der Waals surface area contributed by atoms with Crippen LogP contribution in [0.25, 0.3) is 0 Å². The Bertz CT molecular complexity index is 489. The lowest BCUT2D eigenvalue weighted by Gasteiger charge is -2.19. The Morgan fingerprint density at radius 2 is 2.16 bits per heavy atom. The molecule has 104 valence electrons. The lowest BCUT2D eigenvalue weighted by atomic mass is 10.3. The summed E-state index contributed by atoms with van der Waals surface area (Å²) in [7, 11) is 1.57. The highest BCUT2D eigenvalue weighted by Gasteiger charge is 2.17. The zero-order valence-electron chi connectivity index (χ0n) is 11.0. The first-order valence-electron chi connectivity index (χ1n) is 5.57. The molecular formula is C13H16BrClN2O2. The number of carbonyl (C=O) groups is 1. The lowest BCUT2D eigenvalue weighted by molar-refractivity contribution is -0.132. The Kier molecular flexibility index (Phi) is 8.11. The molecule has 6 heteroatoms. The van der Waals surface area contributed by atoms with E-state index in [1.54, 1.807) is 25.4 Å². The van der Waals surface area contributed by atoms with E-state index < -0.39 is 5.97 Å². The molecule has 1 aromatic heterocycles. The summed E-state index contributed by atoms with van der Waals surface area (Å²) in [6, 6.07) is 3.32. The van der Waals surface area contributed by atoms with Gasteiger partial charge in [-0.25, -0.2) is 9.78 Å². The summed E-state index contributed by atoms with van der Waals surface area (Å²) < 4.78 is 0.453. The van der Waals surface area contributed by atoms with Crippen molar-refractivity contribution < 1.29 is 9.90 Å². The first kappa shape index (κ1) is 17.7. The van der Waals surface area contributed by atoms with Crippen molar-refractivity contribution in [2.24, 2.45) is 0 Å². The zero-order valence-corrected chi connectivity index (χ0v) is 13.4. The van der Waals surface area contributed by atoms with Crippen LogP contribution in [0.1, 0.15) is 13.8 Å². The van der Waals surface area contributed by atoms with E-state index in [0.717, 1.165) is 0 Å². The summed E-state index contributed by atoms with van der Waals surface area (Å²) in [5, 5.41) is 9.48. The van der Waals surface area contributed by atoms with Gasteiger partial charge in [0.25, 0.3) is 0 Å². The Balaban J connectivity index is 0.00000154. The molecule has 0 aromatic carbocycles. The van der Waals surface area contributed by atoms with E-state index in [0.29, 0.717) is 15.3 Å². The van der Waals surface area contributed by atoms with Crippen molar-refractivity contribution in [1.29, 1.82) is 0 Å². The van der Waals surface area contributed by atoms with Gasteiger partial charge < -0.3 is 10.0 Å². The maximum atomic E-state index is 11.1. The Morgan fingerprint density at radius 3 is 2.58 bits per heavy atom. The third kappa shape index (κ3) is 5.44. The van der Waals surface area contributed by atoms with Gasteiger partial charge in [-0.2, -0.15) is 0 Å². The van der Waals surface area contributed by atoms with E-state index in [2.05, 4.69) is 27.5 Å². The molecule has 4 nitrogen and oxygen atoms in total. The molecule has 0 amide bonds. The fourth-order valence-corrected chi connectivity index (χ4v) is 1.65. The highest BCUT2D eigenvalue weighted by atomic mass is 79.9. The summed E-state index contributed by atoms with van der Waals surface area (Å²) in [6.07, 6.45) is 2.92. The van der Waals surface area contributed by atoms with Crippen LogP contribution in [0.15, 0.2) is 41.2 Å². The Morgan fingerprint density at radius 1 is 1.58 bits per heavy atom. The summed E-state index contributed by atoms with van der Waals surface area (Å²) in [6.45, 7) is 7.57. The number of hydrogen-bond acceptors (Lipinski definition) is 3. The van der Waals surface area contributed by atoms with E-state index in [-0.39, 0.29) is 5.70 Å². The quantitative estimate of drug-likeness (QED) is 0.659. The minimum atomic E-state index is -1.09. The second kappa shape index (κ2) is 8.72. The van der Waals surface area contributed by atoms with E-state index in [4.69, 9.17) is 16.7 Å². The van der Waals surface area contributed by atoms with Gasteiger partial charge >= 0.3 is 5.97 Å². The molecule has 0 aliphatic rings. The van der Waals surface area contributed by atoms with Crippen LogP contribution in [0.2, 0.25) is 5.02 Å². The number of rotatable bonds is 4. The molecule has 19 heavy (non-hydrogen) atoms. The van der Waals surface area contributed by atoms with E-state index in [9.17, 15) is 4.79 Å². The van der Waals surface area contributed by atoms with Crippen molar-refractivity contribution in [3.8, 4) is 0 Å². The van der Waals surface area contributed by atoms with Gasteiger partial charge in [-0.15, -0.1) is 0 Å². The molecule has 0 aliphatic carbocycles. The van der Waals surface area contributed by atoms with Gasteiger partial charge in [0.2, 0.25) is 0 Å². The van der Waals surface area contributed by atoms with Crippen molar-refractivity contribution in [3.63, 3.8) is 0 Å². The topological polar surface area (TPSA) is 53.4 Å². The Labute approximate surface area is 126 Å². The fourth-order valence-electron chi connectivity index (χ4n) is 1.19. The van der Waals surface area contributed by atoms with Crippen LogP contribution < -0.4 is 4.90 Å². The van der Waals surface area contributed by atoms with Gasteiger partial charge in [0.05, 0.1) is 5.02 Å². The minimum absolute atomic E-state index is 0.0208. The molecule has 0 radical (unpaired) electrons. The maximum Gasteiger partial charge on any atom is 0.352 e. The van der Waals surface area contributed by atoms with Gasteiger partial charge in [0, 0.05) is 17.7 Å². The monoisotopic (exact) mass is 346 g/mol. The van der Waals surface area contributed by atoms with Crippen LogP contribution in [0.3, 0.4) is 0 Å². The maximum absolute atomic E-state index is 11.1. The standard InChI is InChI=1S/C11H10BrClN2O2.C2H6/c1-7(12)6-9(11(16)17)15(2)10-8(13)4-3-5-14-10;1-2/h3-6H,1H2,2H3,(H,16,17);1-2H3/b9-6-;. The second-order valence-corrected chi connectivity index (χ2v) is 4.58. The molecule has 0 saturated carbocycles. The number of nitrogens with zero attached hydrogens (tertiary/aromatic N) is 2. The Hall–Kier alpha value is -1.33.